The van der Waals surface area contributed by atoms with E-state index in [4.69, 9.17) is 4.42 Å². The molecular weight excluding hydrogens is 364 g/mol. The van der Waals surface area contributed by atoms with Crippen molar-refractivity contribution < 1.29 is 9.21 Å². The maximum Gasteiger partial charge on any atom is 0.289 e. The van der Waals surface area contributed by atoms with Gasteiger partial charge in [-0.25, -0.2) is 9.97 Å². The number of benzene rings is 2. The second-order valence-electron chi connectivity index (χ2n) is 7.06. The first kappa shape index (κ1) is 18.7. The summed E-state index contributed by atoms with van der Waals surface area (Å²) in [4.78, 5) is 21.7. The second kappa shape index (κ2) is 8.14. The summed E-state index contributed by atoms with van der Waals surface area (Å²) < 4.78 is 5.35. The normalized spacial score (nSPS) is 11.9. The minimum absolute atomic E-state index is 0.114. The van der Waals surface area contributed by atoms with Crippen LogP contribution in [0, 0.1) is 6.92 Å². The number of fused-ring (bicyclic) bond motifs is 1. The summed E-state index contributed by atoms with van der Waals surface area (Å²) in [6.45, 7) is 3.96. The van der Waals surface area contributed by atoms with Gasteiger partial charge in [-0.05, 0) is 50.2 Å². The van der Waals surface area contributed by atoms with Crippen molar-refractivity contribution >= 4 is 28.3 Å². The number of anilines is 2. The van der Waals surface area contributed by atoms with Gasteiger partial charge in [0.25, 0.3) is 5.91 Å². The molecule has 6 nitrogen and oxygen atoms in total. The van der Waals surface area contributed by atoms with Crippen LogP contribution in [0.15, 0.2) is 71.3 Å². The molecule has 2 aromatic heterocycles. The third-order valence-corrected chi connectivity index (χ3v) is 4.59. The number of aromatic nitrogens is 2. The molecule has 0 aliphatic rings. The molecule has 0 spiro atoms. The molecule has 1 atom stereocenters. The molecule has 2 heterocycles. The standard InChI is InChI=1S/C23H22N4O2/c1-15-9-11-17(12-10-15)25-21-19-7-3-4-8-20(19)26-22(27-21)23(28)24-16(2)14-18-6-5-13-29-18/h3-13,16H,14H2,1-2H3,(H,24,28)(H,25,26,27)/t16-/m1/s1. The van der Waals surface area contributed by atoms with Crippen LogP contribution in [0.1, 0.15) is 28.9 Å². The summed E-state index contributed by atoms with van der Waals surface area (Å²) in [5, 5.41) is 7.11. The van der Waals surface area contributed by atoms with Gasteiger partial charge in [-0.1, -0.05) is 29.8 Å². The van der Waals surface area contributed by atoms with Crippen molar-refractivity contribution in [3.63, 3.8) is 0 Å². The van der Waals surface area contributed by atoms with Crippen molar-refractivity contribution in [2.45, 2.75) is 26.3 Å². The number of para-hydroxylation sites is 1. The fourth-order valence-corrected chi connectivity index (χ4v) is 3.12. The Bertz CT molecular complexity index is 1120. The highest BCUT2D eigenvalue weighted by Gasteiger charge is 2.17. The largest absolute Gasteiger partial charge is 0.469 e. The Morgan fingerprint density at radius 1 is 1.03 bits per heavy atom. The van der Waals surface area contributed by atoms with Crippen LogP contribution in [0.25, 0.3) is 10.9 Å². The van der Waals surface area contributed by atoms with E-state index in [0.717, 1.165) is 16.8 Å². The van der Waals surface area contributed by atoms with Crippen molar-refractivity contribution in [3.8, 4) is 0 Å². The summed E-state index contributed by atoms with van der Waals surface area (Å²) in [5.74, 6) is 1.23. The van der Waals surface area contributed by atoms with Gasteiger partial charge in [-0.15, -0.1) is 0 Å². The number of nitrogens with zero attached hydrogens (tertiary/aromatic N) is 2. The molecule has 2 N–H and O–H groups in total. The number of hydrogen-bond acceptors (Lipinski definition) is 5. The third kappa shape index (κ3) is 4.43. The first-order chi connectivity index (χ1) is 14.1. The minimum Gasteiger partial charge on any atom is -0.469 e. The highest BCUT2D eigenvalue weighted by molar-refractivity contribution is 5.97. The molecule has 0 fully saturated rings. The first-order valence-corrected chi connectivity index (χ1v) is 9.52. The molecule has 0 unspecified atom stereocenters. The molecule has 2 aromatic carbocycles. The molecule has 0 saturated carbocycles. The number of nitrogens with one attached hydrogen (secondary N) is 2. The van der Waals surface area contributed by atoms with E-state index >= 15 is 0 Å². The summed E-state index contributed by atoms with van der Waals surface area (Å²) in [5.41, 5.74) is 2.78. The Balaban J connectivity index is 1.60. The van der Waals surface area contributed by atoms with Crippen LogP contribution in [-0.4, -0.2) is 21.9 Å². The molecule has 0 bridgehead atoms. The van der Waals surface area contributed by atoms with Gasteiger partial charge in [0, 0.05) is 23.5 Å². The van der Waals surface area contributed by atoms with Crippen molar-refractivity contribution in [2.24, 2.45) is 0 Å². The highest BCUT2D eigenvalue weighted by atomic mass is 16.3. The number of aryl methyl sites for hydroxylation is 1. The van der Waals surface area contributed by atoms with Gasteiger partial charge in [-0.2, -0.15) is 0 Å². The number of rotatable bonds is 6. The quantitative estimate of drug-likeness (QED) is 0.505. The van der Waals surface area contributed by atoms with Crippen molar-refractivity contribution in [3.05, 3.63) is 84.1 Å². The molecule has 4 aromatic rings. The predicted octanol–water partition coefficient (Wildman–Crippen LogP) is 4.64. The van der Waals surface area contributed by atoms with Gasteiger partial charge in [0.2, 0.25) is 5.82 Å². The zero-order chi connectivity index (χ0) is 20.2. The van der Waals surface area contributed by atoms with E-state index < -0.39 is 0 Å². The molecular formula is C23H22N4O2. The topological polar surface area (TPSA) is 80.0 Å². The van der Waals surface area contributed by atoms with Gasteiger partial charge in [-0.3, -0.25) is 4.79 Å². The first-order valence-electron chi connectivity index (χ1n) is 9.52. The Kier molecular flexibility index (Phi) is 5.24. The van der Waals surface area contributed by atoms with Crippen molar-refractivity contribution in [2.75, 3.05) is 5.32 Å². The maximum absolute atomic E-state index is 12.8. The summed E-state index contributed by atoms with van der Waals surface area (Å²) in [6.07, 6.45) is 2.22. The fourth-order valence-electron chi connectivity index (χ4n) is 3.12. The van der Waals surface area contributed by atoms with Gasteiger partial charge >= 0.3 is 0 Å². The van der Waals surface area contributed by atoms with E-state index in [0.29, 0.717) is 17.8 Å². The maximum atomic E-state index is 12.8. The van der Waals surface area contributed by atoms with Crippen LogP contribution in [-0.2, 0) is 6.42 Å². The summed E-state index contributed by atoms with van der Waals surface area (Å²) >= 11 is 0. The van der Waals surface area contributed by atoms with Gasteiger partial charge in [0.15, 0.2) is 0 Å². The average molecular weight is 386 g/mol. The van der Waals surface area contributed by atoms with E-state index in [1.54, 1.807) is 6.26 Å². The van der Waals surface area contributed by atoms with Gasteiger partial charge in [0.1, 0.15) is 11.6 Å². The molecule has 0 radical (unpaired) electrons. The molecule has 146 valence electrons. The molecule has 6 heteroatoms. The number of amides is 1. The predicted molar refractivity (Wildman–Crippen MR) is 113 cm³/mol. The Morgan fingerprint density at radius 2 is 1.83 bits per heavy atom. The molecule has 0 aliphatic heterocycles. The minimum atomic E-state index is -0.318. The Hall–Kier alpha value is -3.67. The molecule has 29 heavy (non-hydrogen) atoms. The van der Waals surface area contributed by atoms with E-state index in [9.17, 15) is 4.79 Å². The van der Waals surface area contributed by atoms with Crippen LogP contribution in [0.2, 0.25) is 0 Å². The number of furan rings is 1. The number of carbonyl (C=O) groups excluding carboxylic acids is 1. The smallest absolute Gasteiger partial charge is 0.289 e. The lowest BCUT2D eigenvalue weighted by Gasteiger charge is -2.14. The van der Waals surface area contributed by atoms with Gasteiger partial charge < -0.3 is 15.1 Å². The van der Waals surface area contributed by atoms with Crippen LogP contribution >= 0.6 is 0 Å². The van der Waals surface area contributed by atoms with Crippen LogP contribution < -0.4 is 10.6 Å². The highest BCUT2D eigenvalue weighted by Crippen LogP contribution is 2.24. The van der Waals surface area contributed by atoms with Crippen LogP contribution in [0.3, 0.4) is 0 Å². The second-order valence-corrected chi connectivity index (χ2v) is 7.06. The lowest BCUT2D eigenvalue weighted by molar-refractivity contribution is 0.0929. The number of carbonyl (C=O) groups is 1. The molecule has 0 saturated heterocycles. The summed E-state index contributed by atoms with van der Waals surface area (Å²) in [6, 6.07) is 19.3. The Labute approximate surface area is 169 Å². The van der Waals surface area contributed by atoms with E-state index in [1.165, 1.54) is 5.56 Å². The van der Waals surface area contributed by atoms with Gasteiger partial charge in [0.05, 0.1) is 11.8 Å². The molecule has 4 rings (SSSR count). The van der Waals surface area contributed by atoms with E-state index in [1.807, 2.05) is 74.5 Å². The van der Waals surface area contributed by atoms with Crippen molar-refractivity contribution in [1.29, 1.82) is 0 Å². The summed E-state index contributed by atoms with van der Waals surface area (Å²) in [7, 11) is 0. The van der Waals surface area contributed by atoms with E-state index in [2.05, 4.69) is 20.6 Å². The average Bonchev–Trinajstić information content (AvgIpc) is 3.22. The molecule has 0 aliphatic carbocycles. The SMILES string of the molecule is Cc1ccc(Nc2nc(C(=O)N[C@H](C)Cc3ccco3)nc3ccccc23)cc1. The van der Waals surface area contributed by atoms with E-state index in [-0.39, 0.29) is 17.8 Å². The lowest BCUT2D eigenvalue weighted by Crippen LogP contribution is -2.35. The number of hydrogen-bond donors (Lipinski definition) is 2. The zero-order valence-electron chi connectivity index (χ0n) is 16.3. The fraction of sp³-hybridized carbons (Fsp3) is 0.174. The monoisotopic (exact) mass is 386 g/mol. The molecule has 1 amide bonds. The van der Waals surface area contributed by atoms with Crippen LogP contribution in [0.4, 0.5) is 11.5 Å². The van der Waals surface area contributed by atoms with Crippen molar-refractivity contribution in [1.82, 2.24) is 15.3 Å². The third-order valence-electron chi connectivity index (χ3n) is 4.59. The Morgan fingerprint density at radius 3 is 2.59 bits per heavy atom. The lowest BCUT2D eigenvalue weighted by atomic mass is 10.2. The van der Waals surface area contributed by atoms with Crippen LogP contribution in [0.5, 0.6) is 0 Å². The zero-order valence-corrected chi connectivity index (χ0v) is 16.3.